The van der Waals surface area contributed by atoms with Gasteiger partial charge in [0.15, 0.2) is 0 Å². The zero-order valence-corrected chi connectivity index (χ0v) is 15.9. The van der Waals surface area contributed by atoms with Crippen LogP contribution in [0.5, 0.6) is 0 Å². The monoisotopic (exact) mass is 401 g/mol. The van der Waals surface area contributed by atoms with Crippen LogP contribution in [-0.4, -0.2) is 15.7 Å². The fourth-order valence-corrected chi connectivity index (χ4v) is 2.88. The van der Waals surface area contributed by atoms with Crippen LogP contribution in [-0.2, 0) is 11.3 Å². The molecule has 0 spiro atoms. The average molecular weight is 402 g/mol. The largest absolute Gasteiger partial charge is 0.326 e. The van der Waals surface area contributed by atoms with Gasteiger partial charge in [-0.15, -0.1) is 0 Å². The normalized spacial score (nSPS) is 10.6. The minimum Gasteiger partial charge on any atom is -0.326 e. The number of carbonyl (C=O) groups excluding carboxylic acids is 1. The summed E-state index contributed by atoms with van der Waals surface area (Å²) >= 11 is 11.8. The first-order valence-corrected chi connectivity index (χ1v) is 9.16. The van der Waals surface area contributed by atoms with E-state index in [4.69, 9.17) is 23.2 Å². The van der Waals surface area contributed by atoms with Crippen molar-refractivity contribution in [2.24, 2.45) is 0 Å². The van der Waals surface area contributed by atoms with Gasteiger partial charge in [-0.3, -0.25) is 9.59 Å². The highest BCUT2D eigenvalue weighted by molar-refractivity contribution is 6.31. The molecule has 2 aromatic carbocycles. The Balaban J connectivity index is 1.60. The predicted molar refractivity (Wildman–Crippen MR) is 108 cm³/mol. The first-order valence-electron chi connectivity index (χ1n) is 8.41. The third-order valence-electron chi connectivity index (χ3n) is 3.89. The Bertz CT molecular complexity index is 1000. The molecular formula is C20H17Cl2N3O2. The molecule has 0 unspecified atom stereocenters. The smallest absolute Gasteiger partial charge is 0.266 e. The van der Waals surface area contributed by atoms with Gasteiger partial charge in [0, 0.05) is 40.3 Å². The summed E-state index contributed by atoms with van der Waals surface area (Å²) in [5, 5.41) is 8.35. The molecule has 0 fully saturated rings. The van der Waals surface area contributed by atoms with Crippen molar-refractivity contribution < 1.29 is 4.79 Å². The number of benzene rings is 2. The van der Waals surface area contributed by atoms with Crippen LogP contribution in [0.4, 0.5) is 5.69 Å². The lowest BCUT2D eigenvalue weighted by Crippen LogP contribution is -2.23. The van der Waals surface area contributed by atoms with Crippen molar-refractivity contribution in [1.82, 2.24) is 9.78 Å². The quantitative estimate of drug-likeness (QED) is 0.654. The summed E-state index contributed by atoms with van der Waals surface area (Å²) < 4.78 is 1.37. The van der Waals surface area contributed by atoms with Crippen LogP contribution in [0.15, 0.2) is 65.5 Å². The number of nitrogens with one attached hydrogen (secondary N) is 1. The molecule has 3 aromatic rings. The molecule has 7 heteroatoms. The Morgan fingerprint density at radius 1 is 1.00 bits per heavy atom. The number of amides is 1. The van der Waals surface area contributed by atoms with Crippen LogP contribution in [0.1, 0.15) is 12.8 Å². The van der Waals surface area contributed by atoms with Crippen LogP contribution in [0.3, 0.4) is 0 Å². The zero-order valence-electron chi connectivity index (χ0n) is 14.4. The number of halogens is 2. The fourth-order valence-electron chi connectivity index (χ4n) is 2.56. The first-order chi connectivity index (χ1) is 13.0. The third kappa shape index (κ3) is 5.42. The maximum absolute atomic E-state index is 12.0. The minimum absolute atomic E-state index is 0.140. The number of aromatic nitrogens is 2. The summed E-state index contributed by atoms with van der Waals surface area (Å²) in [6, 6.07) is 17.3. The van der Waals surface area contributed by atoms with Gasteiger partial charge in [0.2, 0.25) is 5.91 Å². The molecular weight excluding hydrogens is 385 g/mol. The van der Waals surface area contributed by atoms with Crippen molar-refractivity contribution in [2.75, 3.05) is 5.32 Å². The van der Waals surface area contributed by atoms with Crippen LogP contribution < -0.4 is 10.9 Å². The van der Waals surface area contributed by atoms with E-state index >= 15 is 0 Å². The molecule has 0 atom stereocenters. The van der Waals surface area contributed by atoms with Crippen LogP contribution in [0, 0.1) is 0 Å². The van der Waals surface area contributed by atoms with E-state index in [1.54, 1.807) is 42.5 Å². The van der Waals surface area contributed by atoms with Gasteiger partial charge >= 0.3 is 0 Å². The van der Waals surface area contributed by atoms with Gasteiger partial charge in [-0.25, -0.2) is 4.68 Å². The van der Waals surface area contributed by atoms with Gasteiger partial charge in [0.25, 0.3) is 5.56 Å². The molecule has 0 saturated heterocycles. The van der Waals surface area contributed by atoms with Gasteiger partial charge in [-0.2, -0.15) is 5.10 Å². The maximum atomic E-state index is 12.0. The maximum Gasteiger partial charge on any atom is 0.266 e. The summed E-state index contributed by atoms with van der Waals surface area (Å²) in [6.45, 7) is 0.350. The molecule has 0 radical (unpaired) electrons. The van der Waals surface area contributed by atoms with E-state index in [2.05, 4.69) is 10.4 Å². The Morgan fingerprint density at radius 3 is 2.52 bits per heavy atom. The van der Waals surface area contributed by atoms with Crippen LogP contribution in [0.2, 0.25) is 10.0 Å². The van der Waals surface area contributed by atoms with E-state index in [9.17, 15) is 9.59 Å². The lowest BCUT2D eigenvalue weighted by atomic mass is 10.1. The summed E-state index contributed by atoms with van der Waals surface area (Å²) in [5.74, 6) is -0.140. The average Bonchev–Trinajstić information content (AvgIpc) is 2.64. The van der Waals surface area contributed by atoms with Gasteiger partial charge < -0.3 is 5.32 Å². The van der Waals surface area contributed by atoms with E-state index in [1.807, 2.05) is 12.1 Å². The van der Waals surface area contributed by atoms with Gasteiger partial charge in [-0.1, -0.05) is 41.4 Å². The van der Waals surface area contributed by atoms with Gasteiger partial charge in [-0.05, 0) is 42.8 Å². The highest BCUT2D eigenvalue weighted by Gasteiger charge is 2.06. The molecule has 1 aromatic heterocycles. The Morgan fingerprint density at radius 2 is 1.78 bits per heavy atom. The van der Waals surface area contributed by atoms with Crippen molar-refractivity contribution in [3.05, 3.63) is 81.1 Å². The Labute approximate surface area is 166 Å². The molecule has 27 heavy (non-hydrogen) atoms. The van der Waals surface area contributed by atoms with E-state index in [0.29, 0.717) is 34.4 Å². The highest BCUT2D eigenvalue weighted by Crippen LogP contribution is 2.18. The zero-order chi connectivity index (χ0) is 19.2. The van der Waals surface area contributed by atoms with E-state index in [0.717, 1.165) is 5.56 Å². The number of hydrogen-bond donors (Lipinski definition) is 1. The molecule has 1 amide bonds. The second kappa shape index (κ2) is 8.84. The standard InChI is InChI=1S/C20H17Cl2N3O2/c21-15-8-6-14(7-9-15)18-10-11-20(27)25(24-18)12-2-5-19(26)23-17-4-1-3-16(22)13-17/h1,3-4,6-11,13H,2,5,12H2,(H,23,26). The van der Waals surface area contributed by atoms with Crippen LogP contribution in [0.25, 0.3) is 11.3 Å². The van der Waals surface area contributed by atoms with E-state index in [1.165, 1.54) is 10.7 Å². The Kier molecular flexibility index (Phi) is 6.27. The van der Waals surface area contributed by atoms with Crippen molar-refractivity contribution in [1.29, 1.82) is 0 Å². The number of anilines is 1. The van der Waals surface area contributed by atoms with Gasteiger partial charge in [0.05, 0.1) is 5.69 Å². The summed E-state index contributed by atoms with van der Waals surface area (Å²) in [7, 11) is 0. The molecule has 0 aliphatic carbocycles. The molecule has 1 N–H and O–H groups in total. The molecule has 138 valence electrons. The van der Waals surface area contributed by atoms with Gasteiger partial charge in [0.1, 0.15) is 0 Å². The second-order valence-corrected chi connectivity index (χ2v) is 6.82. The van der Waals surface area contributed by atoms with E-state index in [-0.39, 0.29) is 17.9 Å². The van der Waals surface area contributed by atoms with Crippen molar-refractivity contribution >= 4 is 34.8 Å². The highest BCUT2D eigenvalue weighted by atomic mass is 35.5. The SMILES string of the molecule is O=C(CCCn1nc(-c2ccc(Cl)cc2)ccc1=O)Nc1cccc(Cl)c1. The topological polar surface area (TPSA) is 64.0 Å². The first kappa shape index (κ1) is 19.1. The molecule has 0 aliphatic rings. The lowest BCUT2D eigenvalue weighted by molar-refractivity contribution is -0.116. The number of aryl methyl sites for hydroxylation is 1. The third-order valence-corrected chi connectivity index (χ3v) is 4.38. The summed E-state index contributed by atoms with van der Waals surface area (Å²) in [4.78, 5) is 24.1. The lowest BCUT2D eigenvalue weighted by Gasteiger charge is -2.08. The number of carbonyl (C=O) groups is 1. The molecule has 0 bridgehead atoms. The number of hydrogen-bond acceptors (Lipinski definition) is 3. The van der Waals surface area contributed by atoms with Crippen LogP contribution >= 0.6 is 23.2 Å². The minimum atomic E-state index is -0.206. The summed E-state index contributed by atoms with van der Waals surface area (Å²) in [5.41, 5.74) is 1.98. The molecule has 1 heterocycles. The molecule has 0 aliphatic heterocycles. The van der Waals surface area contributed by atoms with Crippen molar-refractivity contribution in [2.45, 2.75) is 19.4 Å². The number of nitrogens with zero attached hydrogens (tertiary/aromatic N) is 2. The second-order valence-electron chi connectivity index (χ2n) is 5.95. The van der Waals surface area contributed by atoms with Crippen molar-refractivity contribution in [3.8, 4) is 11.3 Å². The molecule has 3 rings (SSSR count). The molecule has 5 nitrogen and oxygen atoms in total. The van der Waals surface area contributed by atoms with Crippen molar-refractivity contribution in [3.63, 3.8) is 0 Å². The number of rotatable bonds is 6. The Hall–Kier alpha value is -2.63. The predicted octanol–water partition coefficient (Wildman–Crippen LogP) is 4.64. The van der Waals surface area contributed by atoms with E-state index < -0.39 is 0 Å². The molecule has 0 saturated carbocycles. The summed E-state index contributed by atoms with van der Waals surface area (Å²) in [6.07, 6.45) is 0.759. The fraction of sp³-hybridized carbons (Fsp3) is 0.150.